The SMILES string of the molecule is COCCn1cc(-c2ccc(-n3nnc4cnc(N[C@@H]5CC[C@@H](CN)C5)nc43)cc2)cn1. The number of nitrogens with two attached hydrogens (primary N) is 1. The van der Waals surface area contributed by atoms with Gasteiger partial charge in [0, 0.05) is 24.9 Å². The van der Waals surface area contributed by atoms with Gasteiger partial charge in [0.05, 0.1) is 31.2 Å². The number of ether oxygens (including phenoxy) is 1. The maximum absolute atomic E-state index is 5.81. The first-order chi connectivity index (χ1) is 15.7. The van der Waals surface area contributed by atoms with Crippen molar-refractivity contribution in [1.82, 2.24) is 34.7 Å². The van der Waals surface area contributed by atoms with Crippen molar-refractivity contribution in [1.29, 1.82) is 0 Å². The van der Waals surface area contributed by atoms with E-state index in [9.17, 15) is 0 Å². The minimum atomic E-state index is 0.356. The van der Waals surface area contributed by atoms with Gasteiger partial charge in [-0.15, -0.1) is 5.10 Å². The maximum Gasteiger partial charge on any atom is 0.225 e. The lowest BCUT2D eigenvalue weighted by molar-refractivity contribution is 0.183. The van der Waals surface area contributed by atoms with E-state index in [1.54, 1.807) is 18.0 Å². The number of nitrogens with zero attached hydrogens (tertiary/aromatic N) is 7. The summed E-state index contributed by atoms with van der Waals surface area (Å²) in [5, 5.41) is 16.3. The van der Waals surface area contributed by atoms with Crippen molar-refractivity contribution in [3.63, 3.8) is 0 Å². The molecule has 10 nitrogen and oxygen atoms in total. The third kappa shape index (κ3) is 4.19. The molecule has 0 unspecified atom stereocenters. The summed E-state index contributed by atoms with van der Waals surface area (Å²) in [6.45, 7) is 2.09. The summed E-state index contributed by atoms with van der Waals surface area (Å²) in [6, 6.07) is 8.47. The molecule has 0 bridgehead atoms. The molecule has 166 valence electrons. The van der Waals surface area contributed by atoms with Gasteiger partial charge in [0.25, 0.3) is 0 Å². The molecule has 32 heavy (non-hydrogen) atoms. The van der Waals surface area contributed by atoms with E-state index < -0.39 is 0 Å². The molecule has 0 amide bonds. The van der Waals surface area contributed by atoms with E-state index in [2.05, 4.69) is 25.7 Å². The summed E-state index contributed by atoms with van der Waals surface area (Å²) >= 11 is 0. The fourth-order valence-corrected chi connectivity index (χ4v) is 4.19. The zero-order chi connectivity index (χ0) is 21.9. The number of fused-ring (bicyclic) bond motifs is 1. The van der Waals surface area contributed by atoms with Crippen LogP contribution in [0.5, 0.6) is 0 Å². The van der Waals surface area contributed by atoms with E-state index in [1.165, 1.54) is 0 Å². The quantitative estimate of drug-likeness (QED) is 0.434. The molecule has 10 heteroatoms. The van der Waals surface area contributed by atoms with Gasteiger partial charge in [0.1, 0.15) is 0 Å². The Balaban J connectivity index is 1.35. The first-order valence-corrected chi connectivity index (χ1v) is 10.9. The highest BCUT2D eigenvalue weighted by atomic mass is 16.5. The zero-order valence-electron chi connectivity index (χ0n) is 18.1. The largest absolute Gasteiger partial charge is 0.383 e. The molecular formula is C22H27N9O. The van der Waals surface area contributed by atoms with Crippen LogP contribution in [0.3, 0.4) is 0 Å². The van der Waals surface area contributed by atoms with Gasteiger partial charge in [0.15, 0.2) is 11.2 Å². The lowest BCUT2D eigenvalue weighted by Crippen LogP contribution is -2.19. The predicted molar refractivity (Wildman–Crippen MR) is 121 cm³/mol. The monoisotopic (exact) mass is 433 g/mol. The van der Waals surface area contributed by atoms with Crippen molar-refractivity contribution < 1.29 is 4.74 Å². The highest BCUT2D eigenvalue weighted by Crippen LogP contribution is 2.27. The molecule has 0 spiro atoms. The molecule has 3 heterocycles. The molecule has 5 rings (SSSR count). The first kappa shape index (κ1) is 20.5. The molecule has 1 fully saturated rings. The van der Waals surface area contributed by atoms with E-state index in [0.717, 1.165) is 49.2 Å². The lowest BCUT2D eigenvalue weighted by Gasteiger charge is -2.12. The molecule has 0 aliphatic heterocycles. The van der Waals surface area contributed by atoms with E-state index >= 15 is 0 Å². The number of rotatable bonds is 8. The standard InChI is InChI=1S/C22H27N9O/c1-32-9-8-30-14-17(12-25-30)16-3-6-19(7-4-16)31-21-20(28-29-31)13-24-22(27-21)26-18-5-2-15(10-18)11-23/h3-4,6-7,12-15,18H,2,5,8-11,23H2,1H3,(H,24,26,27)/t15-,18-/m1/s1. The van der Waals surface area contributed by atoms with Crippen LogP contribution in [0.2, 0.25) is 0 Å². The predicted octanol–water partition coefficient (Wildman–Crippen LogP) is 2.26. The molecule has 4 aromatic rings. The summed E-state index contributed by atoms with van der Waals surface area (Å²) in [7, 11) is 1.69. The smallest absolute Gasteiger partial charge is 0.225 e. The third-order valence-electron chi connectivity index (χ3n) is 6.00. The lowest BCUT2D eigenvalue weighted by atomic mass is 10.1. The summed E-state index contributed by atoms with van der Waals surface area (Å²) < 4.78 is 8.73. The van der Waals surface area contributed by atoms with Crippen molar-refractivity contribution in [3.8, 4) is 16.8 Å². The molecule has 0 saturated heterocycles. The molecule has 3 aromatic heterocycles. The Morgan fingerprint density at radius 3 is 2.81 bits per heavy atom. The van der Waals surface area contributed by atoms with Crippen molar-refractivity contribution >= 4 is 17.1 Å². The second-order valence-electron chi connectivity index (χ2n) is 8.19. The van der Waals surface area contributed by atoms with Gasteiger partial charge in [-0.2, -0.15) is 14.8 Å². The van der Waals surface area contributed by atoms with Crippen LogP contribution in [0.4, 0.5) is 5.95 Å². The fourth-order valence-electron chi connectivity index (χ4n) is 4.19. The fraction of sp³-hybridized carbons (Fsp3) is 0.409. The molecule has 2 atom stereocenters. The van der Waals surface area contributed by atoms with Crippen molar-refractivity contribution in [2.75, 3.05) is 25.6 Å². The number of aromatic nitrogens is 7. The average Bonchev–Trinajstić information content (AvgIpc) is 3.57. The molecule has 1 aliphatic rings. The van der Waals surface area contributed by atoms with Gasteiger partial charge in [-0.3, -0.25) is 4.68 Å². The topological polar surface area (TPSA) is 122 Å². The summed E-state index contributed by atoms with van der Waals surface area (Å²) in [5.41, 5.74) is 10.2. The minimum Gasteiger partial charge on any atom is -0.383 e. The van der Waals surface area contributed by atoms with Gasteiger partial charge in [-0.1, -0.05) is 17.3 Å². The Bertz CT molecular complexity index is 1180. The summed E-state index contributed by atoms with van der Waals surface area (Å²) in [5.74, 6) is 1.18. The number of benzene rings is 1. The summed E-state index contributed by atoms with van der Waals surface area (Å²) in [4.78, 5) is 9.12. The van der Waals surface area contributed by atoms with Gasteiger partial charge in [-0.05, 0) is 49.4 Å². The average molecular weight is 434 g/mol. The zero-order valence-corrected chi connectivity index (χ0v) is 18.1. The number of nitrogens with one attached hydrogen (secondary N) is 1. The van der Waals surface area contributed by atoms with E-state index in [1.807, 2.05) is 41.3 Å². The van der Waals surface area contributed by atoms with Crippen LogP contribution in [0.1, 0.15) is 19.3 Å². The molecule has 1 aromatic carbocycles. The molecule has 1 saturated carbocycles. The molecule has 1 aliphatic carbocycles. The normalized spacial score (nSPS) is 18.4. The Kier molecular flexibility index (Phi) is 5.78. The number of anilines is 1. The Hall–Kier alpha value is -3.37. The van der Waals surface area contributed by atoms with Crippen molar-refractivity contribution in [2.45, 2.75) is 31.8 Å². The Labute approximate surface area is 185 Å². The van der Waals surface area contributed by atoms with Crippen LogP contribution in [-0.2, 0) is 11.3 Å². The van der Waals surface area contributed by atoms with Crippen LogP contribution in [-0.4, -0.2) is 61.0 Å². The van der Waals surface area contributed by atoms with Gasteiger partial charge in [0.2, 0.25) is 5.95 Å². The highest BCUT2D eigenvalue weighted by molar-refractivity contribution is 5.72. The van der Waals surface area contributed by atoms with Crippen LogP contribution < -0.4 is 11.1 Å². The maximum atomic E-state index is 5.81. The minimum absolute atomic E-state index is 0.356. The van der Waals surface area contributed by atoms with E-state index in [-0.39, 0.29) is 0 Å². The number of hydrogen-bond donors (Lipinski definition) is 2. The van der Waals surface area contributed by atoms with Gasteiger partial charge >= 0.3 is 0 Å². The van der Waals surface area contributed by atoms with Gasteiger partial charge in [-0.25, -0.2) is 4.98 Å². The van der Waals surface area contributed by atoms with Crippen molar-refractivity contribution in [2.24, 2.45) is 11.7 Å². The number of methoxy groups -OCH3 is 1. The molecule has 3 N–H and O–H groups in total. The van der Waals surface area contributed by atoms with E-state index in [4.69, 9.17) is 15.5 Å². The molecule has 0 radical (unpaired) electrons. The number of hydrogen-bond acceptors (Lipinski definition) is 8. The van der Waals surface area contributed by atoms with Crippen LogP contribution in [0.15, 0.2) is 42.9 Å². The first-order valence-electron chi connectivity index (χ1n) is 10.9. The Morgan fingerprint density at radius 2 is 2.03 bits per heavy atom. The van der Waals surface area contributed by atoms with Crippen LogP contribution in [0, 0.1) is 5.92 Å². The second kappa shape index (κ2) is 9.01. The van der Waals surface area contributed by atoms with Gasteiger partial charge < -0.3 is 15.8 Å². The second-order valence-corrected chi connectivity index (χ2v) is 8.19. The van der Waals surface area contributed by atoms with Crippen LogP contribution in [0.25, 0.3) is 28.0 Å². The van der Waals surface area contributed by atoms with Crippen LogP contribution >= 0.6 is 0 Å². The highest BCUT2D eigenvalue weighted by Gasteiger charge is 2.24. The van der Waals surface area contributed by atoms with Crippen molar-refractivity contribution in [3.05, 3.63) is 42.9 Å². The third-order valence-corrected chi connectivity index (χ3v) is 6.00. The van der Waals surface area contributed by atoms with E-state index in [0.29, 0.717) is 35.7 Å². The Morgan fingerprint density at radius 1 is 1.16 bits per heavy atom. The summed E-state index contributed by atoms with van der Waals surface area (Å²) in [6.07, 6.45) is 8.88. The molecular weight excluding hydrogens is 406 g/mol.